The van der Waals surface area contributed by atoms with Crippen LogP contribution in [0.1, 0.15) is 16.1 Å². The molecule has 0 aliphatic heterocycles. The average Bonchev–Trinajstić information content (AvgIpc) is 2.15. The largest absolute Gasteiger partial charge is 0.296 e. The summed E-state index contributed by atoms with van der Waals surface area (Å²) < 4.78 is 0. The topological polar surface area (TPSA) is 65.7 Å². The van der Waals surface area contributed by atoms with Crippen LogP contribution in [0.5, 0.6) is 0 Å². The maximum atomic E-state index is 10.6. The number of aromatic amines is 2. The van der Waals surface area contributed by atoms with Crippen molar-refractivity contribution < 1.29 is 4.79 Å². The van der Waals surface area contributed by atoms with Gasteiger partial charge < -0.3 is 0 Å². The molecule has 0 spiro atoms. The molecule has 1 heterocycles. The van der Waals surface area contributed by atoms with Crippen molar-refractivity contribution in [1.82, 2.24) is 10.2 Å². The molecule has 0 radical (unpaired) electrons. The second kappa shape index (κ2) is 1.89. The molecule has 4 nitrogen and oxygen atoms in total. The van der Waals surface area contributed by atoms with E-state index in [0.717, 1.165) is 0 Å². The van der Waals surface area contributed by atoms with E-state index in [4.69, 9.17) is 0 Å². The standard InChI is InChI=1S/C5H6N2O2/c1-3-4(2-8)6-7-5(3)9/h2H,1H3,(H2,6,7,9). The van der Waals surface area contributed by atoms with Crippen LogP contribution in [0.4, 0.5) is 0 Å². The van der Waals surface area contributed by atoms with Crippen molar-refractivity contribution in [1.29, 1.82) is 0 Å². The normalized spacial score (nSPS) is 9.44. The first kappa shape index (κ1) is 5.81. The van der Waals surface area contributed by atoms with Crippen LogP contribution < -0.4 is 5.56 Å². The second-order valence-corrected chi connectivity index (χ2v) is 1.74. The number of carbonyl (C=O) groups excluding carboxylic acids is 1. The third-order valence-corrected chi connectivity index (χ3v) is 1.17. The lowest BCUT2D eigenvalue weighted by Gasteiger charge is -1.77. The summed E-state index contributed by atoms with van der Waals surface area (Å²) in [4.78, 5) is 20.6. The Bertz CT molecular complexity index is 271. The summed E-state index contributed by atoms with van der Waals surface area (Å²) in [6, 6.07) is 0. The molecule has 1 aromatic rings. The van der Waals surface area contributed by atoms with E-state index in [1.165, 1.54) is 0 Å². The molecular weight excluding hydrogens is 120 g/mol. The first-order valence-electron chi connectivity index (χ1n) is 2.48. The molecule has 0 amide bonds. The van der Waals surface area contributed by atoms with E-state index >= 15 is 0 Å². The molecule has 0 atom stereocenters. The fraction of sp³-hybridized carbons (Fsp3) is 0.200. The molecule has 1 rings (SSSR count). The summed E-state index contributed by atoms with van der Waals surface area (Å²) in [6.07, 6.45) is 0.604. The number of rotatable bonds is 1. The minimum absolute atomic E-state index is 0.239. The molecule has 48 valence electrons. The highest BCUT2D eigenvalue weighted by molar-refractivity contribution is 5.73. The zero-order valence-electron chi connectivity index (χ0n) is 4.89. The van der Waals surface area contributed by atoms with E-state index in [1.807, 2.05) is 0 Å². The lowest BCUT2D eigenvalue weighted by atomic mass is 10.3. The molecule has 2 N–H and O–H groups in total. The fourth-order valence-electron chi connectivity index (χ4n) is 0.552. The van der Waals surface area contributed by atoms with Gasteiger partial charge in [-0.15, -0.1) is 0 Å². The molecule has 0 aliphatic carbocycles. The van der Waals surface area contributed by atoms with E-state index < -0.39 is 0 Å². The van der Waals surface area contributed by atoms with Crippen LogP contribution in [0.2, 0.25) is 0 Å². The molecule has 0 bridgehead atoms. The van der Waals surface area contributed by atoms with E-state index in [9.17, 15) is 9.59 Å². The summed E-state index contributed by atoms with van der Waals surface area (Å²) in [6.45, 7) is 1.58. The first-order valence-corrected chi connectivity index (χ1v) is 2.48. The van der Waals surface area contributed by atoms with Gasteiger partial charge in [-0.1, -0.05) is 0 Å². The molecule has 0 saturated heterocycles. The molecule has 0 aromatic carbocycles. The predicted octanol–water partition coefficient (Wildman–Crippen LogP) is -0.176. The smallest absolute Gasteiger partial charge is 0.267 e. The van der Waals surface area contributed by atoms with Crippen molar-refractivity contribution in [3.63, 3.8) is 0 Å². The van der Waals surface area contributed by atoms with Gasteiger partial charge in [-0.05, 0) is 6.92 Å². The van der Waals surface area contributed by atoms with Crippen molar-refractivity contribution in [2.45, 2.75) is 6.92 Å². The minimum Gasteiger partial charge on any atom is -0.296 e. The summed E-state index contributed by atoms with van der Waals surface area (Å²) in [7, 11) is 0. The average molecular weight is 126 g/mol. The Hall–Kier alpha value is -1.32. The number of aromatic nitrogens is 2. The van der Waals surface area contributed by atoms with E-state index in [-0.39, 0.29) is 5.56 Å². The molecule has 0 unspecified atom stereocenters. The second-order valence-electron chi connectivity index (χ2n) is 1.74. The Balaban J connectivity index is 3.35. The molecule has 0 aliphatic rings. The highest BCUT2D eigenvalue weighted by Crippen LogP contribution is 1.89. The number of aldehydes is 1. The zero-order chi connectivity index (χ0) is 6.85. The number of carbonyl (C=O) groups is 1. The van der Waals surface area contributed by atoms with Gasteiger partial charge in [0.15, 0.2) is 6.29 Å². The van der Waals surface area contributed by atoms with Gasteiger partial charge in [0.25, 0.3) is 5.56 Å². The third kappa shape index (κ3) is 0.782. The highest BCUT2D eigenvalue weighted by Gasteiger charge is 2.00. The van der Waals surface area contributed by atoms with Gasteiger partial charge in [0.1, 0.15) is 5.69 Å². The van der Waals surface area contributed by atoms with E-state index in [0.29, 0.717) is 17.5 Å². The van der Waals surface area contributed by atoms with Gasteiger partial charge in [-0.25, -0.2) is 0 Å². The fourth-order valence-corrected chi connectivity index (χ4v) is 0.552. The Labute approximate surface area is 50.9 Å². The molecule has 0 fully saturated rings. The monoisotopic (exact) mass is 126 g/mol. The van der Waals surface area contributed by atoms with Gasteiger partial charge in [0.05, 0.1) is 0 Å². The lowest BCUT2D eigenvalue weighted by molar-refractivity contribution is 0.111. The number of hydrogen-bond donors (Lipinski definition) is 2. The van der Waals surface area contributed by atoms with Crippen molar-refractivity contribution in [2.75, 3.05) is 0 Å². The predicted molar refractivity (Wildman–Crippen MR) is 31.5 cm³/mol. The van der Waals surface area contributed by atoms with Crippen LogP contribution in [-0.4, -0.2) is 16.5 Å². The summed E-state index contributed by atoms with van der Waals surface area (Å²) in [5.41, 5.74) is 0.516. The minimum atomic E-state index is -0.239. The lowest BCUT2D eigenvalue weighted by Crippen LogP contribution is -2.01. The Morgan fingerprint density at radius 3 is 2.33 bits per heavy atom. The van der Waals surface area contributed by atoms with Crippen LogP contribution in [-0.2, 0) is 0 Å². The SMILES string of the molecule is Cc1c(C=O)[nH][nH]c1=O. The number of hydrogen-bond acceptors (Lipinski definition) is 2. The molecule has 1 aromatic heterocycles. The maximum Gasteiger partial charge on any atom is 0.267 e. The summed E-state index contributed by atoms with van der Waals surface area (Å²) >= 11 is 0. The molecular formula is C5H6N2O2. The quantitative estimate of drug-likeness (QED) is 0.513. The van der Waals surface area contributed by atoms with E-state index in [1.54, 1.807) is 6.92 Å². The summed E-state index contributed by atoms with van der Waals surface area (Å²) in [5, 5.41) is 4.69. The molecule has 0 saturated carbocycles. The van der Waals surface area contributed by atoms with Crippen LogP contribution in [0.25, 0.3) is 0 Å². The van der Waals surface area contributed by atoms with Crippen LogP contribution in [0.3, 0.4) is 0 Å². The molecule has 4 heteroatoms. The Morgan fingerprint density at radius 1 is 1.44 bits per heavy atom. The van der Waals surface area contributed by atoms with E-state index in [2.05, 4.69) is 10.2 Å². The molecule has 9 heavy (non-hydrogen) atoms. The van der Waals surface area contributed by atoms with Crippen molar-refractivity contribution in [3.8, 4) is 0 Å². The van der Waals surface area contributed by atoms with Crippen molar-refractivity contribution in [2.24, 2.45) is 0 Å². The zero-order valence-corrected chi connectivity index (χ0v) is 4.89. The van der Waals surface area contributed by atoms with Gasteiger partial charge in [-0.3, -0.25) is 19.8 Å². The first-order chi connectivity index (χ1) is 4.25. The Kier molecular flexibility index (Phi) is 1.22. The van der Waals surface area contributed by atoms with Crippen LogP contribution in [0.15, 0.2) is 4.79 Å². The van der Waals surface area contributed by atoms with Crippen LogP contribution in [0, 0.1) is 6.92 Å². The summed E-state index contributed by atoms with van der Waals surface area (Å²) in [5.74, 6) is 0. The van der Waals surface area contributed by atoms with Gasteiger partial charge in [0, 0.05) is 5.56 Å². The highest BCUT2D eigenvalue weighted by atomic mass is 16.1. The van der Waals surface area contributed by atoms with Crippen LogP contribution >= 0.6 is 0 Å². The van der Waals surface area contributed by atoms with Gasteiger partial charge >= 0.3 is 0 Å². The number of H-pyrrole nitrogens is 2. The van der Waals surface area contributed by atoms with Gasteiger partial charge in [-0.2, -0.15) is 0 Å². The van der Waals surface area contributed by atoms with Crippen molar-refractivity contribution >= 4 is 6.29 Å². The third-order valence-electron chi connectivity index (χ3n) is 1.17. The maximum absolute atomic E-state index is 10.6. The van der Waals surface area contributed by atoms with Gasteiger partial charge in [0.2, 0.25) is 0 Å². The number of nitrogens with one attached hydrogen (secondary N) is 2. The Morgan fingerprint density at radius 2 is 2.11 bits per heavy atom. The van der Waals surface area contributed by atoms with Crippen molar-refractivity contribution in [3.05, 3.63) is 21.6 Å².